The van der Waals surface area contributed by atoms with Gasteiger partial charge < -0.3 is 24.5 Å². The third-order valence-electron chi connectivity index (χ3n) is 4.86. The maximum atomic E-state index is 8.56. The SMILES string of the molecule is N#CNC(N)=Nc1ccc(OC[C@@H]2CO[C@@](Cn3ccnc3)(c3ccc(Cl)cc3Cl)O2)cc1. The fraction of sp³-hybridized carbons (Fsp3) is 0.227. The minimum atomic E-state index is -1.11. The van der Waals surface area contributed by atoms with Crippen LogP contribution in [0.2, 0.25) is 10.0 Å². The van der Waals surface area contributed by atoms with Crippen LogP contribution >= 0.6 is 23.2 Å². The van der Waals surface area contributed by atoms with Crippen LogP contribution in [0.1, 0.15) is 5.56 Å². The molecule has 0 saturated carbocycles. The molecule has 1 saturated heterocycles. The Morgan fingerprint density at radius 1 is 1.33 bits per heavy atom. The van der Waals surface area contributed by atoms with Crippen molar-refractivity contribution in [3.8, 4) is 11.9 Å². The van der Waals surface area contributed by atoms with E-state index in [9.17, 15) is 0 Å². The van der Waals surface area contributed by atoms with Crippen LogP contribution in [0.25, 0.3) is 0 Å². The molecule has 0 amide bonds. The average Bonchev–Trinajstić information content (AvgIpc) is 3.44. The van der Waals surface area contributed by atoms with Crippen molar-refractivity contribution in [2.75, 3.05) is 13.2 Å². The number of nitriles is 1. The van der Waals surface area contributed by atoms with Crippen molar-refractivity contribution in [1.29, 1.82) is 5.26 Å². The van der Waals surface area contributed by atoms with Gasteiger partial charge in [0, 0.05) is 23.0 Å². The number of aromatic nitrogens is 2. The first kappa shape index (κ1) is 22.9. The van der Waals surface area contributed by atoms with E-state index in [1.165, 1.54) is 0 Å². The van der Waals surface area contributed by atoms with Gasteiger partial charge in [-0.1, -0.05) is 29.3 Å². The third-order valence-corrected chi connectivity index (χ3v) is 5.40. The molecule has 1 aliphatic rings. The van der Waals surface area contributed by atoms with Gasteiger partial charge in [0.25, 0.3) is 0 Å². The van der Waals surface area contributed by atoms with Crippen LogP contribution in [0.3, 0.4) is 0 Å². The highest BCUT2D eigenvalue weighted by molar-refractivity contribution is 6.35. The highest BCUT2D eigenvalue weighted by Crippen LogP contribution is 2.40. The van der Waals surface area contributed by atoms with Crippen molar-refractivity contribution < 1.29 is 14.2 Å². The number of nitrogens with two attached hydrogens (primary N) is 1. The van der Waals surface area contributed by atoms with E-state index in [2.05, 4.69) is 15.3 Å². The smallest absolute Gasteiger partial charge is 0.215 e. The zero-order valence-corrected chi connectivity index (χ0v) is 18.8. The largest absolute Gasteiger partial charge is 0.491 e. The van der Waals surface area contributed by atoms with E-state index in [0.717, 1.165) is 0 Å². The fourth-order valence-electron chi connectivity index (χ4n) is 3.41. The standard InChI is InChI=1S/C22H20Cl2N6O3/c23-15-1-6-19(20(24)9-15)22(12-30-8-7-27-14-30)32-11-18(33-22)10-31-17-4-2-16(3-5-17)29-21(26)28-13-25/h1-9,14,18H,10-12H2,(H3,26,28,29)/t18-,22-/m1/s1. The molecule has 1 aliphatic heterocycles. The summed E-state index contributed by atoms with van der Waals surface area (Å²) in [4.78, 5) is 8.15. The molecular formula is C22H20Cl2N6O3. The molecule has 0 bridgehead atoms. The molecule has 170 valence electrons. The maximum Gasteiger partial charge on any atom is 0.215 e. The minimum Gasteiger partial charge on any atom is -0.491 e. The van der Waals surface area contributed by atoms with Gasteiger partial charge in [0.05, 0.1) is 30.2 Å². The molecule has 0 spiro atoms. The van der Waals surface area contributed by atoms with Gasteiger partial charge in [-0.05, 0) is 36.4 Å². The average molecular weight is 487 g/mol. The zero-order chi connectivity index (χ0) is 23.3. The van der Waals surface area contributed by atoms with Crippen LogP contribution in [-0.2, 0) is 21.8 Å². The Labute approximate surface area is 200 Å². The lowest BCUT2D eigenvalue weighted by Gasteiger charge is -2.30. The van der Waals surface area contributed by atoms with Crippen molar-refractivity contribution in [2.24, 2.45) is 10.7 Å². The molecule has 9 nitrogen and oxygen atoms in total. The van der Waals surface area contributed by atoms with Gasteiger partial charge in [-0.15, -0.1) is 0 Å². The van der Waals surface area contributed by atoms with E-state index in [1.54, 1.807) is 61.2 Å². The van der Waals surface area contributed by atoms with E-state index < -0.39 is 5.79 Å². The van der Waals surface area contributed by atoms with Crippen molar-refractivity contribution in [3.63, 3.8) is 0 Å². The second kappa shape index (κ2) is 10.1. The normalized spacial score (nSPS) is 20.4. The van der Waals surface area contributed by atoms with E-state index in [4.69, 9.17) is 48.4 Å². The van der Waals surface area contributed by atoms with Crippen LogP contribution in [0, 0.1) is 11.5 Å². The summed E-state index contributed by atoms with van der Waals surface area (Å²) in [6, 6.07) is 12.2. The Kier molecular flexibility index (Phi) is 7.01. The number of imidazole rings is 1. The van der Waals surface area contributed by atoms with Crippen molar-refractivity contribution in [3.05, 3.63) is 76.8 Å². The summed E-state index contributed by atoms with van der Waals surface area (Å²) in [6.07, 6.45) is 6.57. The summed E-state index contributed by atoms with van der Waals surface area (Å²) in [7, 11) is 0. The molecule has 2 atom stereocenters. The zero-order valence-electron chi connectivity index (χ0n) is 17.3. The van der Waals surface area contributed by atoms with Gasteiger partial charge in [-0.2, -0.15) is 5.26 Å². The number of benzene rings is 2. The Bertz CT molecular complexity index is 1160. The summed E-state index contributed by atoms with van der Waals surface area (Å²) in [5.74, 6) is -0.473. The molecule has 2 aromatic carbocycles. The molecule has 33 heavy (non-hydrogen) atoms. The van der Waals surface area contributed by atoms with Crippen LogP contribution in [0.4, 0.5) is 5.69 Å². The topological polar surface area (TPSA) is 120 Å². The summed E-state index contributed by atoms with van der Waals surface area (Å²) in [6.45, 7) is 0.930. The number of rotatable bonds is 7. The second-order valence-corrected chi connectivity index (χ2v) is 8.05. The molecule has 0 radical (unpaired) electrons. The number of hydrogen-bond donors (Lipinski definition) is 2. The third kappa shape index (κ3) is 5.56. The lowest BCUT2D eigenvalue weighted by atomic mass is 10.1. The predicted molar refractivity (Wildman–Crippen MR) is 123 cm³/mol. The Morgan fingerprint density at radius 3 is 2.85 bits per heavy atom. The molecule has 0 aliphatic carbocycles. The highest BCUT2D eigenvalue weighted by atomic mass is 35.5. The Hall–Kier alpha value is -3.29. The van der Waals surface area contributed by atoms with Crippen LogP contribution in [-0.4, -0.2) is 34.8 Å². The Morgan fingerprint density at radius 2 is 2.15 bits per heavy atom. The van der Waals surface area contributed by atoms with Gasteiger partial charge in [0.15, 0.2) is 6.19 Å². The van der Waals surface area contributed by atoms with Crippen LogP contribution < -0.4 is 15.8 Å². The fourth-order valence-corrected chi connectivity index (χ4v) is 3.96. The number of ether oxygens (including phenoxy) is 3. The molecule has 1 fully saturated rings. The second-order valence-electron chi connectivity index (χ2n) is 7.20. The van der Waals surface area contributed by atoms with E-state index in [1.807, 2.05) is 10.8 Å². The molecule has 11 heteroatoms. The first-order chi connectivity index (χ1) is 16.0. The lowest BCUT2D eigenvalue weighted by molar-refractivity contribution is -0.189. The summed E-state index contributed by atoms with van der Waals surface area (Å²) in [5, 5.41) is 11.8. The summed E-state index contributed by atoms with van der Waals surface area (Å²) in [5.41, 5.74) is 6.83. The summed E-state index contributed by atoms with van der Waals surface area (Å²) < 4.78 is 20.3. The van der Waals surface area contributed by atoms with Gasteiger partial charge in [-0.3, -0.25) is 5.32 Å². The predicted octanol–water partition coefficient (Wildman–Crippen LogP) is 3.55. The quantitative estimate of drug-likeness (QED) is 0.226. The molecule has 2 heterocycles. The van der Waals surface area contributed by atoms with Gasteiger partial charge in [0.1, 0.15) is 18.5 Å². The van der Waals surface area contributed by atoms with Gasteiger partial charge in [-0.25, -0.2) is 9.98 Å². The number of guanidine groups is 1. The number of nitrogens with zero attached hydrogens (tertiary/aromatic N) is 4. The molecule has 3 N–H and O–H groups in total. The number of hydrogen-bond acceptors (Lipinski definition) is 6. The van der Waals surface area contributed by atoms with E-state index in [0.29, 0.717) is 40.2 Å². The van der Waals surface area contributed by atoms with Crippen LogP contribution in [0.5, 0.6) is 5.75 Å². The van der Waals surface area contributed by atoms with Crippen molar-refractivity contribution in [1.82, 2.24) is 14.9 Å². The summed E-state index contributed by atoms with van der Waals surface area (Å²) >= 11 is 12.6. The lowest BCUT2D eigenvalue weighted by Crippen LogP contribution is -2.34. The van der Waals surface area contributed by atoms with Crippen LogP contribution in [0.15, 0.2) is 66.2 Å². The van der Waals surface area contributed by atoms with Crippen molar-refractivity contribution >= 4 is 34.8 Å². The van der Waals surface area contributed by atoms with E-state index >= 15 is 0 Å². The van der Waals surface area contributed by atoms with E-state index in [-0.39, 0.29) is 18.7 Å². The van der Waals surface area contributed by atoms with Gasteiger partial charge >= 0.3 is 0 Å². The molecule has 1 aromatic heterocycles. The molecule has 0 unspecified atom stereocenters. The molecule has 4 rings (SSSR count). The first-order valence-corrected chi connectivity index (χ1v) is 10.7. The Balaban J connectivity index is 1.45. The molecular weight excluding hydrogens is 467 g/mol. The number of nitrogens with one attached hydrogen (secondary N) is 1. The number of aliphatic imine (C=N–C) groups is 1. The van der Waals surface area contributed by atoms with Gasteiger partial charge in [0.2, 0.25) is 11.7 Å². The minimum absolute atomic E-state index is 0.0118. The number of halogens is 2. The first-order valence-electron chi connectivity index (χ1n) is 9.92. The maximum absolute atomic E-state index is 8.56. The molecule has 3 aromatic rings. The monoisotopic (exact) mass is 486 g/mol. The highest BCUT2D eigenvalue weighted by Gasteiger charge is 2.45. The van der Waals surface area contributed by atoms with Crippen molar-refractivity contribution in [2.45, 2.75) is 18.4 Å².